The van der Waals surface area contributed by atoms with E-state index >= 15 is 0 Å². The molecular formula is C19H19N3O5S2. The summed E-state index contributed by atoms with van der Waals surface area (Å²) in [6.45, 7) is 1.58. The van der Waals surface area contributed by atoms with Gasteiger partial charge in [-0.1, -0.05) is 15.5 Å². The van der Waals surface area contributed by atoms with Gasteiger partial charge in [0.1, 0.15) is 0 Å². The van der Waals surface area contributed by atoms with E-state index in [-0.39, 0.29) is 38.1 Å². The fourth-order valence-electron chi connectivity index (χ4n) is 5.25. The van der Waals surface area contributed by atoms with Gasteiger partial charge in [-0.15, -0.1) is 0 Å². The maximum atomic E-state index is 13.6. The zero-order chi connectivity index (χ0) is 20.8. The Bertz CT molecular complexity index is 1040. The van der Waals surface area contributed by atoms with Gasteiger partial charge < -0.3 is 24.4 Å². The summed E-state index contributed by atoms with van der Waals surface area (Å²) in [7, 11) is 0.572. The van der Waals surface area contributed by atoms with Crippen LogP contribution in [-0.4, -0.2) is 56.9 Å². The molecule has 0 aliphatic carbocycles. The predicted molar refractivity (Wildman–Crippen MR) is 105 cm³/mol. The van der Waals surface area contributed by atoms with Crippen molar-refractivity contribution in [2.24, 2.45) is 5.41 Å². The van der Waals surface area contributed by atoms with Crippen LogP contribution in [0.15, 0.2) is 18.2 Å². The van der Waals surface area contributed by atoms with Gasteiger partial charge in [-0.05, 0) is 42.2 Å². The summed E-state index contributed by atoms with van der Waals surface area (Å²) in [6.07, 6.45) is 0.252. The summed E-state index contributed by atoms with van der Waals surface area (Å²) in [5, 5.41) is 20.0. The lowest BCUT2D eigenvalue weighted by atomic mass is 9.75. The van der Waals surface area contributed by atoms with Gasteiger partial charge in [0.05, 0.1) is 17.5 Å². The van der Waals surface area contributed by atoms with Gasteiger partial charge in [0.15, 0.2) is 21.2 Å². The van der Waals surface area contributed by atoms with Crippen molar-refractivity contribution in [3.8, 4) is 17.6 Å². The molecule has 5 rings (SSSR count). The smallest absolute Gasteiger partial charge is 0.261 e. The average Bonchev–Trinajstić information content (AvgIpc) is 3.37. The van der Waals surface area contributed by atoms with E-state index in [1.54, 1.807) is 37.1 Å². The number of aliphatic hydroxyl groups is 1. The molecule has 29 heavy (non-hydrogen) atoms. The van der Waals surface area contributed by atoms with Crippen LogP contribution in [0.2, 0.25) is 0 Å². The average molecular weight is 434 g/mol. The Morgan fingerprint density at radius 1 is 1.34 bits per heavy atom. The number of hydrogen-bond acceptors (Lipinski definition) is 7. The summed E-state index contributed by atoms with van der Waals surface area (Å²) in [6, 6.07) is 6.93. The van der Waals surface area contributed by atoms with Crippen molar-refractivity contribution in [1.29, 1.82) is 5.26 Å². The second-order valence-corrected chi connectivity index (χ2v) is 11.0. The van der Waals surface area contributed by atoms with E-state index in [0.29, 0.717) is 17.1 Å². The molecule has 10 heteroatoms. The predicted octanol–water partition coefficient (Wildman–Crippen LogP) is 0.559. The number of carbonyl (C=O) groups is 2. The third kappa shape index (κ3) is 1.89. The van der Waals surface area contributed by atoms with Crippen LogP contribution < -0.4 is 9.47 Å². The molecule has 0 aromatic heterocycles. The maximum absolute atomic E-state index is 13.6. The summed E-state index contributed by atoms with van der Waals surface area (Å²) in [5.74, 6) is 0.656. The number of benzene rings is 1. The maximum Gasteiger partial charge on any atom is 0.261 e. The van der Waals surface area contributed by atoms with Crippen molar-refractivity contribution < 1.29 is 24.2 Å². The third-order valence-electron chi connectivity index (χ3n) is 6.78. The van der Waals surface area contributed by atoms with Gasteiger partial charge in [0, 0.05) is 20.1 Å². The molecule has 1 spiro atoms. The van der Waals surface area contributed by atoms with E-state index in [1.165, 1.54) is 4.90 Å². The van der Waals surface area contributed by atoms with E-state index in [9.17, 15) is 20.0 Å². The highest BCUT2D eigenvalue weighted by Crippen LogP contribution is 2.66. The lowest BCUT2D eigenvalue weighted by molar-refractivity contribution is -0.159. The van der Waals surface area contributed by atoms with Crippen LogP contribution in [0.1, 0.15) is 31.4 Å². The van der Waals surface area contributed by atoms with E-state index in [0.717, 1.165) is 0 Å². The number of hydrogen-bond donors (Lipinski definition) is 1. The number of ether oxygens (including phenoxy) is 2. The molecule has 5 atom stereocenters. The van der Waals surface area contributed by atoms with Crippen molar-refractivity contribution in [3.05, 3.63) is 23.8 Å². The van der Waals surface area contributed by atoms with Crippen molar-refractivity contribution in [2.75, 3.05) is 20.4 Å². The van der Waals surface area contributed by atoms with Crippen LogP contribution in [-0.2, 0) is 30.2 Å². The van der Waals surface area contributed by atoms with Crippen LogP contribution in [0, 0.1) is 16.7 Å². The van der Waals surface area contributed by atoms with E-state index in [4.69, 9.17) is 20.7 Å². The highest BCUT2D eigenvalue weighted by Gasteiger charge is 2.81. The first-order valence-corrected chi connectivity index (χ1v) is 11.4. The first-order chi connectivity index (χ1) is 13.8. The van der Waals surface area contributed by atoms with Crippen molar-refractivity contribution in [2.45, 2.75) is 35.5 Å². The van der Waals surface area contributed by atoms with E-state index in [1.807, 2.05) is 0 Å². The topological polar surface area (TPSA) is 103 Å². The molecule has 4 heterocycles. The first kappa shape index (κ1) is 18.8. The lowest BCUT2D eigenvalue weighted by Gasteiger charge is -2.40. The molecule has 1 N–H and O–H groups in total. The Hall–Kier alpha value is -2.22. The summed E-state index contributed by atoms with van der Waals surface area (Å²) >= 11 is 5.79. The molecule has 2 amide bonds. The Morgan fingerprint density at radius 3 is 2.76 bits per heavy atom. The third-order valence-corrected chi connectivity index (χ3v) is 10.9. The molecule has 2 bridgehead atoms. The standard InChI is InChI=1S/C19H19N3O5S2/c1-17-15(24)22-14(11-3-4-12-13(7-11)27-10-26-12)18(9-20,5-6-23)8-19(22,29(17)28)16(25)21(17)2/h3-4,7,14,23H,5-6,8,10H2,1-2H3/t14-,17?,18+,19-,29-/m0/s1. The normalized spacial score (nSPS) is 39.2. The zero-order valence-electron chi connectivity index (χ0n) is 15.9. The van der Waals surface area contributed by atoms with E-state index < -0.39 is 30.7 Å². The van der Waals surface area contributed by atoms with Gasteiger partial charge in [-0.2, -0.15) is 5.26 Å². The Morgan fingerprint density at radius 2 is 2.07 bits per heavy atom. The van der Waals surface area contributed by atoms with Crippen molar-refractivity contribution in [1.82, 2.24) is 9.80 Å². The summed E-state index contributed by atoms with van der Waals surface area (Å²) in [5.41, 5.74) is -0.460. The number of carbonyl (C=O) groups excluding carboxylic acids is 2. The van der Waals surface area contributed by atoms with Crippen molar-refractivity contribution in [3.63, 3.8) is 0 Å². The summed E-state index contributed by atoms with van der Waals surface area (Å²) in [4.78, 5) is 27.6. The number of likely N-dealkylation sites (N-methyl/N-ethyl adjacent to an activating group) is 1. The number of nitriles is 1. The van der Waals surface area contributed by atoms with Crippen LogP contribution in [0.4, 0.5) is 0 Å². The molecule has 0 radical (unpaired) electrons. The molecule has 3 fully saturated rings. The number of rotatable bonds is 3. The molecule has 0 saturated carbocycles. The molecule has 4 aliphatic heterocycles. The molecule has 8 nitrogen and oxygen atoms in total. The fraction of sp³-hybridized carbons (Fsp3) is 0.526. The highest BCUT2D eigenvalue weighted by atomic mass is 32.8. The minimum atomic E-state index is -1.23. The fourth-order valence-corrected chi connectivity index (χ4v) is 8.73. The molecule has 3 saturated heterocycles. The second kappa shape index (κ2) is 5.68. The SMILES string of the molecule is CN1C(=O)[C@@]23C[C@@](C#N)(CCO)[C@H](c4ccc5c(c4)OCO5)N2C(=O)C1(C)[S@@]3=S. The van der Waals surface area contributed by atoms with Crippen molar-refractivity contribution >= 4 is 32.5 Å². The first-order valence-electron chi connectivity index (χ1n) is 9.23. The quantitative estimate of drug-likeness (QED) is 0.743. The molecule has 1 aromatic rings. The van der Waals surface area contributed by atoms with Gasteiger partial charge in [-0.25, -0.2) is 0 Å². The number of aliphatic hydroxyl groups excluding tert-OH is 1. The molecule has 152 valence electrons. The van der Waals surface area contributed by atoms with Crippen LogP contribution in [0.5, 0.6) is 11.5 Å². The Balaban J connectivity index is 1.75. The molecule has 1 unspecified atom stereocenters. The monoisotopic (exact) mass is 433 g/mol. The van der Waals surface area contributed by atoms with Gasteiger partial charge >= 0.3 is 0 Å². The number of nitrogens with zero attached hydrogens (tertiary/aromatic N) is 3. The zero-order valence-corrected chi connectivity index (χ0v) is 17.5. The highest BCUT2D eigenvalue weighted by molar-refractivity contribution is 8.31. The minimum Gasteiger partial charge on any atom is -0.454 e. The number of amides is 2. The van der Waals surface area contributed by atoms with Gasteiger partial charge in [-0.3, -0.25) is 9.59 Å². The summed E-state index contributed by atoms with van der Waals surface area (Å²) < 4.78 is 10.9. The van der Waals surface area contributed by atoms with Crippen LogP contribution in [0.25, 0.3) is 0 Å². The Kier molecular flexibility index (Phi) is 3.68. The number of piperazine rings is 1. The number of fused-ring (bicyclic) bond motifs is 2. The largest absolute Gasteiger partial charge is 0.454 e. The molecule has 4 aliphatic rings. The van der Waals surface area contributed by atoms with Gasteiger partial charge in [0.25, 0.3) is 11.8 Å². The van der Waals surface area contributed by atoms with Crippen LogP contribution >= 0.6 is 0 Å². The van der Waals surface area contributed by atoms with E-state index in [2.05, 4.69) is 6.07 Å². The lowest BCUT2D eigenvalue weighted by Crippen LogP contribution is -2.60. The molecule has 1 aromatic carbocycles. The molecular weight excluding hydrogens is 414 g/mol. The second-order valence-electron chi connectivity index (χ2n) is 8.01. The minimum absolute atomic E-state index is 0.104. The van der Waals surface area contributed by atoms with Gasteiger partial charge in [0.2, 0.25) is 6.79 Å². The van der Waals surface area contributed by atoms with Crippen LogP contribution in [0.3, 0.4) is 0 Å². The Labute approximate surface area is 174 Å².